The summed E-state index contributed by atoms with van der Waals surface area (Å²) in [5, 5.41) is 0. The van der Waals surface area contributed by atoms with E-state index in [0.717, 1.165) is 12.1 Å². The fourth-order valence-electron chi connectivity index (χ4n) is 1.23. The van der Waals surface area contributed by atoms with E-state index in [-0.39, 0.29) is 30.3 Å². The molecule has 1 heterocycles. The van der Waals surface area contributed by atoms with Crippen molar-refractivity contribution in [3.05, 3.63) is 33.9 Å². The van der Waals surface area contributed by atoms with Gasteiger partial charge < -0.3 is 9.15 Å². The molecule has 6 heteroatoms. The number of carbonyl (C=O) groups is 3. The van der Waals surface area contributed by atoms with E-state index in [1.807, 2.05) is 0 Å². The Bertz CT molecular complexity index is 540. The molecule has 6 nitrogen and oxygen atoms in total. The van der Waals surface area contributed by atoms with Crippen LogP contribution in [0.3, 0.4) is 0 Å². The smallest absolute Gasteiger partial charge is 0.374 e. The molecule has 0 bridgehead atoms. The van der Waals surface area contributed by atoms with Gasteiger partial charge in [0.25, 0.3) is 0 Å². The Hall–Kier alpha value is -2.24. The first-order chi connectivity index (χ1) is 8.43. The first kappa shape index (κ1) is 13.8. The molecule has 0 aromatic carbocycles. The van der Waals surface area contributed by atoms with Crippen LogP contribution >= 0.6 is 0 Å². The number of rotatable bonds is 5. The van der Waals surface area contributed by atoms with Gasteiger partial charge in [-0.25, -0.2) is 4.79 Å². The molecule has 1 aromatic heterocycles. The maximum Gasteiger partial charge on any atom is 0.374 e. The van der Waals surface area contributed by atoms with Gasteiger partial charge in [0.15, 0.2) is 11.2 Å². The SMILES string of the molecule is CCOC(=O)c1cc(=O)cc(C(=O)CC(C)=O)o1. The van der Waals surface area contributed by atoms with Crippen molar-refractivity contribution in [3.8, 4) is 0 Å². The quantitative estimate of drug-likeness (QED) is 0.440. The summed E-state index contributed by atoms with van der Waals surface area (Å²) in [6.07, 6.45) is -0.380. The summed E-state index contributed by atoms with van der Waals surface area (Å²) in [6.45, 7) is 2.96. The highest BCUT2D eigenvalue weighted by molar-refractivity contribution is 6.05. The molecule has 0 aliphatic rings. The zero-order valence-corrected chi connectivity index (χ0v) is 10.0. The summed E-state index contributed by atoms with van der Waals surface area (Å²) in [6, 6.07) is 1.87. The van der Waals surface area contributed by atoms with E-state index in [4.69, 9.17) is 4.42 Å². The van der Waals surface area contributed by atoms with Crippen molar-refractivity contribution in [2.75, 3.05) is 6.61 Å². The maximum atomic E-state index is 11.5. The summed E-state index contributed by atoms with van der Waals surface area (Å²) in [4.78, 5) is 45.0. The van der Waals surface area contributed by atoms with Gasteiger partial charge in [-0.05, 0) is 13.8 Å². The van der Waals surface area contributed by atoms with Crippen molar-refractivity contribution in [1.29, 1.82) is 0 Å². The number of hydrogen-bond acceptors (Lipinski definition) is 6. The molecule has 0 aliphatic carbocycles. The molecule has 1 rings (SSSR count). The second-order valence-electron chi connectivity index (χ2n) is 3.54. The molecule has 0 amide bonds. The molecule has 0 saturated carbocycles. The van der Waals surface area contributed by atoms with Crippen molar-refractivity contribution >= 4 is 17.5 Å². The van der Waals surface area contributed by atoms with Crippen molar-refractivity contribution in [2.24, 2.45) is 0 Å². The minimum atomic E-state index is -0.827. The van der Waals surface area contributed by atoms with Crippen LogP contribution in [0.25, 0.3) is 0 Å². The van der Waals surface area contributed by atoms with Crippen LogP contribution in [0.2, 0.25) is 0 Å². The largest absolute Gasteiger partial charge is 0.460 e. The van der Waals surface area contributed by atoms with E-state index in [2.05, 4.69) is 4.74 Å². The number of Topliss-reactive ketones (excluding diaryl/α,β-unsaturated/α-hetero) is 2. The molecule has 0 atom stereocenters. The average Bonchev–Trinajstić information content (AvgIpc) is 2.27. The van der Waals surface area contributed by atoms with Gasteiger partial charge in [0.2, 0.25) is 11.5 Å². The van der Waals surface area contributed by atoms with E-state index >= 15 is 0 Å². The van der Waals surface area contributed by atoms with Gasteiger partial charge in [-0.3, -0.25) is 14.4 Å². The van der Waals surface area contributed by atoms with E-state index in [9.17, 15) is 19.2 Å². The van der Waals surface area contributed by atoms with E-state index in [1.54, 1.807) is 6.92 Å². The Morgan fingerprint density at radius 2 is 1.83 bits per heavy atom. The molecule has 0 aliphatic heterocycles. The van der Waals surface area contributed by atoms with Gasteiger partial charge >= 0.3 is 5.97 Å². The molecule has 0 spiro atoms. The zero-order valence-electron chi connectivity index (χ0n) is 10.0. The highest BCUT2D eigenvalue weighted by Gasteiger charge is 2.17. The Morgan fingerprint density at radius 3 is 2.39 bits per heavy atom. The van der Waals surface area contributed by atoms with Crippen LogP contribution in [0, 0.1) is 0 Å². The molecule has 1 aromatic rings. The Labute approximate surface area is 103 Å². The van der Waals surface area contributed by atoms with Crippen molar-refractivity contribution in [1.82, 2.24) is 0 Å². The molecular weight excluding hydrogens is 240 g/mol. The number of carbonyl (C=O) groups excluding carboxylic acids is 3. The molecule has 0 fully saturated rings. The third kappa shape index (κ3) is 3.65. The van der Waals surface area contributed by atoms with Crippen LogP contribution in [-0.4, -0.2) is 24.1 Å². The maximum absolute atomic E-state index is 11.5. The number of ketones is 2. The first-order valence-corrected chi connectivity index (χ1v) is 5.29. The predicted octanol–water partition coefficient (Wildman–Crippen LogP) is 0.978. The first-order valence-electron chi connectivity index (χ1n) is 5.29. The average molecular weight is 252 g/mol. The molecule has 0 radical (unpaired) electrons. The van der Waals surface area contributed by atoms with Crippen LogP contribution in [0.1, 0.15) is 41.4 Å². The van der Waals surface area contributed by atoms with Crippen molar-refractivity contribution in [2.45, 2.75) is 20.3 Å². The summed E-state index contributed by atoms with van der Waals surface area (Å²) in [5.74, 6) is -2.50. The van der Waals surface area contributed by atoms with Gasteiger partial charge in [-0.15, -0.1) is 0 Å². The summed E-state index contributed by atoms with van der Waals surface area (Å²) in [7, 11) is 0. The Morgan fingerprint density at radius 1 is 1.22 bits per heavy atom. The lowest BCUT2D eigenvalue weighted by molar-refractivity contribution is -0.116. The van der Waals surface area contributed by atoms with E-state index in [1.165, 1.54) is 6.92 Å². The summed E-state index contributed by atoms with van der Waals surface area (Å²) >= 11 is 0. The van der Waals surface area contributed by atoms with Gasteiger partial charge in [0, 0.05) is 12.1 Å². The van der Waals surface area contributed by atoms with Gasteiger partial charge in [0.1, 0.15) is 5.78 Å². The normalized spacial score (nSPS) is 9.89. The van der Waals surface area contributed by atoms with E-state index in [0.29, 0.717) is 0 Å². The number of ether oxygens (including phenoxy) is 1. The van der Waals surface area contributed by atoms with Crippen LogP contribution in [0.4, 0.5) is 0 Å². The van der Waals surface area contributed by atoms with Crippen LogP contribution < -0.4 is 5.43 Å². The van der Waals surface area contributed by atoms with Crippen molar-refractivity contribution < 1.29 is 23.5 Å². The lowest BCUT2D eigenvalue weighted by Gasteiger charge is -2.02. The Balaban J connectivity index is 3.08. The summed E-state index contributed by atoms with van der Waals surface area (Å²) in [5.41, 5.74) is -0.559. The minimum absolute atomic E-state index is 0.119. The molecule has 18 heavy (non-hydrogen) atoms. The monoisotopic (exact) mass is 252 g/mol. The molecule has 0 saturated heterocycles. The molecular formula is C12H12O6. The highest BCUT2D eigenvalue weighted by atomic mass is 16.5. The van der Waals surface area contributed by atoms with Crippen molar-refractivity contribution in [3.63, 3.8) is 0 Å². The zero-order chi connectivity index (χ0) is 13.7. The standard InChI is InChI=1S/C12H12O6/c1-3-17-12(16)11-6-8(14)5-10(18-11)9(15)4-7(2)13/h5-6H,3-4H2,1-2H3. The molecule has 96 valence electrons. The summed E-state index contributed by atoms with van der Waals surface area (Å²) < 4.78 is 9.61. The molecule has 0 unspecified atom stereocenters. The van der Waals surface area contributed by atoms with E-state index < -0.39 is 17.2 Å². The third-order valence-electron chi connectivity index (χ3n) is 1.93. The second kappa shape index (κ2) is 5.90. The number of hydrogen-bond donors (Lipinski definition) is 0. The van der Waals surface area contributed by atoms with Gasteiger partial charge in [-0.2, -0.15) is 0 Å². The van der Waals surface area contributed by atoms with Crippen LogP contribution in [0.5, 0.6) is 0 Å². The lowest BCUT2D eigenvalue weighted by atomic mass is 10.1. The van der Waals surface area contributed by atoms with Gasteiger partial charge in [0.05, 0.1) is 13.0 Å². The lowest BCUT2D eigenvalue weighted by Crippen LogP contribution is -2.14. The van der Waals surface area contributed by atoms with Crippen LogP contribution in [-0.2, 0) is 9.53 Å². The van der Waals surface area contributed by atoms with Crippen LogP contribution in [0.15, 0.2) is 21.3 Å². The highest BCUT2D eigenvalue weighted by Crippen LogP contribution is 2.07. The fraction of sp³-hybridized carbons (Fsp3) is 0.333. The minimum Gasteiger partial charge on any atom is -0.460 e. The third-order valence-corrected chi connectivity index (χ3v) is 1.93. The second-order valence-corrected chi connectivity index (χ2v) is 3.54. The Kier molecular flexibility index (Phi) is 4.53. The topological polar surface area (TPSA) is 90.7 Å². The fourth-order valence-corrected chi connectivity index (χ4v) is 1.23. The number of esters is 1. The molecule has 0 N–H and O–H groups in total. The van der Waals surface area contributed by atoms with Gasteiger partial charge in [-0.1, -0.05) is 0 Å². The predicted molar refractivity (Wildman–Crippen MR) is 60.6 cm³/mol.